The van der Waals surface area contributed by atoms with Gasteiger partial charge in [0.2, 0.25) is 0 Å². The molecule has 25 heavy (non-hydrogen) atoms. The summed E-state index contributed by atoms with van der Waals surface area (Å²) in [4.78, 5) is 31.5. The van der Waals surface area contributed by atoms with E-state index in [-0.39, 0.29) is 22.8 Å². The Morgan fingerprint density at radius 1 is 1.20 bits per heavy atom. The number of hydrogen-bond acceptors (Lipinski definition) is 2. The van der Waals surface area contributed by atoms with E-state index in [2.05, 4.69) is 9.97 Å². The van der Waals surface area contributed by atoms with Gasteiger partial charge < -0.3 is 14.9 Å². The minimum absolute atomic E-state index is 0.155. The molecule has 126 valence electrons. The molecule has 0 unspecified atom stereocenters. The number of hydrogen-bond donors (Lipinski definition) is 2. The van der Waals surface area contributed by atoms with Crippen LogP contribution in [0.1, 0.15) is 22.3 Å². The van der Waals surface area contributed by atoms with Gasteiger partial charge in [-0.1, -0.05) is 6.08 Å². The fourth-order valence-electron chi connectivity index (χ4n) is 3.22. The van der Waals surface area contributed by atoms with Crippen LogP contribution in [-0.4, -0.2) is 33.9 Å². The first-order chi connectivity index (χ1) is 12.1. The van der Waals surface area contributed by atoms with Crippen LogP contribution in [-0.2, 0) is 0 Å². The molecule has 3 aromatic rings. The summed E-state index contributed by atoms with van der Waals surface area (Å²) in [5.41, 5.74) is 2.68. The average molecular weight is 337 g/mol. The summed E-state index contributed by atoms with van der Waals surface area (Å²) in [7, 11) is 0. The predicted molar refractivity (Wildman–Crippen MR) is 93.8 cm³/mol. The van der Waals surface area contributed by atoms with E-state index >= 15 is 0 Å². The van der Waals surface area contributed by atoms with E-state index in [0.717, 1.165) is 22.0 Å². The summed E-state index contributed by atoms with van der Waals surface area (Å²) in [5, 5.41) is 0.965. The second-order valence-corrected chi connectivity index (χ2v) is 6.04. The van der Waals surface area contributed by atoms with Crippen molar-refractivity contribution in [2.45, 2.75) is 6.42 Å². The van der Waals surface area contributed by atoms with Crippen molar-refractivity contribution in [3.8, 4) is 0 Å². The lowest BCUT2D eigenvalue weighted by Crippen LogP contribution is -2.37. The predicted octanol–water partition coefficient (Wildman–Crippen LogP) is 2.92. The average Bonchev–Trinajstić information content (AvgIpc) is 3.04. The molecule has 0 saturated carbocycles. The Morgan fingerprint density at radius 3 is 2.84 bits per heavy atom. The molecule has 0 aliphatic carbocycles. The Hall–Kier alpha value is -3.15. The Kier molecular flexibility index (Phi) is 3.72. The number of H-pyrrole nitrogens is 2. The minimum atomic E-state index is -0.374. The van der Waals surface area contributed by atoms with Crippen molar-refractivity contribution >= 4 is 22.4 Å². The first-order valence-corrected chi connectivity index (χ1v) is 8.06. The van der Waals surface area contributed by atoms with Gasteiger partial charge in [0.15, 0.2) is 0 Å². The second-order valence-electron chi connectivity index (χ2n) is 6.04. The Labute approximate surface area is 142 Å². The molecule has 0 spiro atoms. The van der Waals surface area contributed by atoms with Crippen LogP contribution in [0.3, 0.4) is 0 Å². The van der Waals surface area contributed by atoms with Gasteiger partial charge in [0, 0.05) is 41.9 Å². The molecule has 1 amide bonds. The fraction of sp³-hybridized carbons (Fsp3) is 0.158. The zero-order valence-electron chi connectivity index (χ0n) is 13.4. The molecule has 0 atom stereocenters. The Balaban J connectivity index is 1.59. The van der Waals surface area contributed by atoms with Crippen LogP contribution in [0.5, 0.6) is 0 Å². The maximum absolute atomic E-state index is 13.3. The number of pyridine rings is 1. The number of nitrogens with zero attached hydrogens (tertiary/aromatic N) is 1. The summed E-state index contributed by atoms with van der Waals surface area (Å²) in [6, 6.07) is 7.86. The van der Waals surface area contributed by atoms with Gasteiger partial charge in [-0.2, -0.15) is 0 Å². The van der Waals surface area contributed by atoms with E-state index in [4.69, 9.17) is 0 Å². The van der Waals surface area contributed by atoms with Crippen molar-refractivity contribution in [1.29, 1.82) is 0 Å². The molecular formula is C19H16FN3O2. The van der Waals surface area contributed by atoms with Gasteiger partial charge in [-0.3, -0.25) is 9.59 Å². The highest BCUT2D eigenvalue weighted by atomic mass is 19.1. The van der Waals surface area contributed by atoms with Crippen molar-refractivity contribution in [2.24, 2.45) is 0 Å². The maximum atomic E-state index is 13.3. The van der Waals surface area contributed by atoms with Crippen molar-refractivity contribution in [2.75, 3.05) is 13.1 Å². The molecule has 0 radical (unpaired) electrons. The van der Waals surface area contributed by atoms with Gasteiger partial charge in [-0.15, -0.1) is 0 Å². The lowest BCUT2D eigenvalue weighted by atomic mass is 9.98. The molecule has 4 rings (SSSR count). The monoisotopic (exact) mass is 337 g/mol. The van der Waals surface area contributed by atoms with E-state index < -0.39 is 0 Å². The van der Waals surface area contributed by atoms with Crippen molar-refractivity contribution in [1.82, 2.24) is 14.9 Å². The molecule has 5 nitrogen and oxygen atoms in total. The van der Waals surface area contributed by atoms with Crippen molar-refractivity contribution < 1.29 is 9.18 Å². The number of fused-ring (bicyclic) bond motifs is 1. The van der Waals surface area contributed by atoms with Crippen LogP contribution < -0.4 is 5.56 Å². The number of halogens is 1. The molecule has 0 bridgehead atoms. The molecule has 1 aliphatic rings. The number of carbonyl (C=O) groups is 1. The van der Waals surface area contributed by atoms with Gasteiger partial charge in [0.05, 0.1) is 0 Å². The fourth-order valence-corrected chi connectivity index (χ4v) is 3.22. The smallest absolute Gasteiger partial charge is 0.260 e. The summed E-state index contributed by atoms with van der Waals surface area (Å²) >= 11 is 0. The summed E-state index contributed by atoms with van der Waals surface area (Å²) in [6.45, 7) is 0.975. The summed E-state index contributed by atoms with van der Waals surface area (Å²) in [5.74, 6) is -0.540. The summed E-state index contributed by atoms with van der Waals surface area (Å²) in [6.07, 6.45) is 6.05. The normalized spacial score (nSPS) is 14.6. The Morgan fingerprint density at radius 2 is 2.08 bits per heavy atom. The molecular weight excluding hydrogens is 321 g/mol. The highest BCUT2D eigenvalue weighted by Crippen LogP contribution is 2.29. The molecule has 0 fully saturated rings. The van der Waals surface area contributed by atoms with Crippen molar-refractivity contribution in [3.63, 3.8) is 0 Å². The second kappa shape index (κ2) is 6.05. The van der Waals surface area contributed by atoms with Gasteiger partial charge in [-0.05, 0) is 42.3 Å². The van der Waals surface area contributed by atoms with E-state index in [1.165, 1.54) is 24.4 Å². The number of aromatic amines is 2. The van der Waals surface area contributed by atoms with E-state index in [9.17, 15) is 14.0 Å². The molecule has 2 N–H and O–H groups in total. The number of aromatic nitrogens is 2. The van der Waals surface area contributed by atoms with Crippen molar-refractivity contribution in [3.05, 3.63) is 76.1 Å². The lowest BCUT2D eigenvalue weighted by molar-refractivity contribution is 0.0771. The topological polar surface area (TPSA) is 69.0 Å². The number of nitrogens with one attached hydrogen (secondary N) is 2. The van der Waals surface area contributed by atoms with Crippen LogP contribution in [0, 0.1) is 5.82 Å². The minimum Gasteiger partial charge on any atom is -0.360 e. The third-order valence-electron chi connectivity index (χ3n) is 4.53. The first-order valence-electron chi connectivity index (χ1n) is 8.06. The van der Waals surface area contributed by atoms with Crippen LogP contribution >= 0.6 is 0 Å². The van der Waals surface area contributed by atoms with Crippen LogP contribution in [0.15, 0.2) is 53.6 Å². The lowest BCUT2D eigenvalue weighted by Gasteiger charge is -2.26. The third-order valence-corrected chi connectivity index (χ3v) is 4.53. The zero-order chi connectivity index (χ0) is 17.4. The molecule has 2 aromatic heterocycles. The number of amides is 1. The number of benzene rings is 1. The quantitative estimate of drug-likeness (QED) is 0.755. The van der Waals surface area contributed by atoms with Gasteiger partial charge in [0.1, 0.15) is 11.4 Å². The van der Waals surface area contributed by atoms with Gasteiger partial charge in [0.25, 0.3) is 11.5 Å². The number of carbonyl (C=O) groups excluding carboxylic acids is 1. The number of rotatable bonds is 2. The highest BCUT2D eigenvalue weighted by molar-refractivity contribution is 5.96. The molecule has 1 aromatic carbocycles. The van der Waals surface area contributed by atoms with Gasteiger partial charge >= 0.3 is 0 Å². The van der Waals surface area contributed by atoms with E-state index in [1.807, 2.05) is 12.3 Å². The van der Waals surface area contributed by atoms with E-state index in [1.54, 1.807) is 17.0 Å². The SMILES string of the molecule is O=C(c1ccc[nH]c1=O)N1CC=C(c2c[nH]c3cc(F)ccc23)CC1. The first kappa shape index (κ1) is 15.4. The standard InChI is InChI=1S/C19H16FN3O2/c20-13-3-4-14-16(11-22-17(14)10-13)12-5-8-23(9-6-12)19(25)15-2-1-7-21-18(15)24/h1-5,7,10-11,22H,6,8-9H2,(H,21,24). The molecule has 0 saturated heterocycles. The molecule has 3 heterocycles. The maximum Gasteiger partial charge on any atom is 0.260 e. The van der Waals surface area contributed by atoms with Crippen LogP contribution in [0.4, 0.5) is 4.39 Å². The highest BCUT2D eigenvalue weighted by Gasteiger charge is 2.22. The van der Waals surface area contributed by atoms with Crippen LogP contribution in [0.2, 0.25) is 0 Å². The van der Waals surface area contributed by atoms with E-state index in [0.29, 0.717) is 19.5 Å². The van der Waals surface area contributed by atoms with Gasteiger partial charge in [-0.25, -0.2) is 4.39 Å². The third kappa shape index (κ3) is 2.76. The molecule has 6 heteroatoms. The largest absolute Gasteiger partial charge is 0.360 e. The zero-order valence-corrected chi connectivity index (χ0v) is 13.4. The van der Waals surface area contributed by atoms with Crippen LogP contribution in [0.25, 0.3) is 16.5 Å². The molecule has 1 aliphatic heterocycles. The Bertz CT molecular complexity index is 1050. The summed E-state index contributed by atoms with van der Waals surface area (Å²) < 4.78 is 13.3.